The van der Waals surface area contributed by atoms with Gasteiger partial charge in [0, 0.05) is 6.54 Å². The zero-order valence-corrected chi connectivity index (χ0v) is 8.00. The van der Waals surface area contributed by atoms with Gasteiger partial charge in [-0.3, -0.25) is 9.71 Å². The van der Waals surface area contributed by atoms with Crippen molar-refractivity contribution >= 4 is 15.7 Å². The Labute approximate surface area is 77.0 Å². The summed E-state index contributed by atoms with van der Waals surface area (Å²) in [4.78, 5) is 3.93. The second-order valence-corrected chi connectivity index (χ2v) is 4.37. The first-order valence-corrected chi connectivity index (χ1v) is 5.53. The highest BCUT2D eigenvalue weighted by Gasteiger charge is 2.01. The molecule has 0 saturated carbocycles. The standard InChI is InChI=1S/C7H11N3O2S/c1-13(11,12)10-7-3-2-6(4-8)9-5-7/h2-3,5,10H,4,8H2,1H3. The summed E-state index contributed by atoms with van der Waals surface area (Å²) in [5, 5.41) is 0. The molecule has 0 aliphatic rings. The number of rotatable bonds is 3. The number of hydrogen-bond acceptors (Lipinski definition) is 4. The topological polar surface area (TPSA) is 85.1 Å². The molecule has 0 saturated heterocycles. The lowest BCUT2D eigenvalue weighted by Crippen LogP contribution is -2.10. The zero-order valence-electron chi connectivity index (χ0n) is 7.19. The lowest BCUT2D eigenvalue weighted by molar-refractivity contribution is 0.607. The van der Waals surface area contributed by atoms with E-state index in [1.807, 2.05) is 0 Å². The minimum absolute atomic E-state index is 0.346. The molecule has 72 valence electrons. The van der Waals surface area contributed by atoms with Gasteiger partial charge in [0.2, 0.25) is 10.0 Å². The van der Waals surface area contributed by atoms with E-state index in [2.05, 4.69) is 9.71 Å². The summed E-state index contributed by atoms with van der Waals surface area (Å²) in [5.41, 5.74) is 6.49. The molecular formula is C7H11N3O2S. The molecule has 0 radical (unpaired) electrons. The average Bonchev–Trinajstić information content (AvgIpc) is 2.03. The Hall–Kier alpha value is -1.14. The molecule has 1 aromatic rings. The quantitative estimate of drug-likeness (QED) is 0.715. The summed E-state index contributed by atoms with van der Waals surface area (Å²) < 4.78 is 23.9. The predicted octanol–water partition coefficient (Wildman–Crippen LogP) is -0.0882. The Morgan fingerprint density at radius 1 is 1.54 bits per heavy atom. The van der Waals surface area contributed by atoms with Gasteiger partial charge in [-0.25, -0.2) is 8.42 Å². The van der Waals surface area contributed by atoms with Crippen LogP contribution in [0.3, 0.4) is 0 Å². The minimum Gasteiger partial charge on any atom is -0.325 e. The maximum atomic E-state index is 10.8. The molecule has 5 nitrogen and oxygen atoms in total. The van der Waals surface area contributed by atoms with Crippen molar-refractivity contribution in [1.82, 2.24) is 4.98 Å². The number of hydrogen-bond donors (Lipinski definition) is 2. The SMILES string of the molecule is CS(=O)(=O)Nc1ccc(CN)nc1. The van der Waals surface area contributed by atoms with E-state index in [-0.39, 0.29) is 0 Å². The number of sulfonamides is 1. The van der Waals surface area contributed by atoms with Gasteiger partial charge in [0.25, 0.3) is 0 Å². The van der Waals surface area contributed by atoms with Crippen LogP contribution in [0.15, 0.2) is 18.3 Å². The lowest BCUT2D eigenvalue weighted by atomic mass is 10.3. The molecule has 6 heteroatoms. The molecule has 0 spiro atoms. The third-order valence-electron chi connectivity index (χ3n) is 1.34. The Balaban J connectivity index is 2.81. The average molecular weight is 201 g/mol. The van der Waals surface area contributed by atoms with Gasteiger partial charge in [0.05, 0.1) is 23.8 Å². The molecule has 0 aliphatic carbocycles. The molecule has 0 unspecified atom stereocenters. The number of nitrogens with one attached hydrogen (secondary N) is 1. The Bertz CT molecular complexity index is 371. The highest BCUT2D eigenvalue weighted by atomic mass is 32.2. The zero-order chi connectivity index (χ0) is 9.90. The molecule has 0 bridgehead atoms. The largest absolute Gasteiger partial charge is 0.325 e. The summed E-state index contributed by atoms with van der Waals surface area (Å²) in [6, 6.07) is 3.30. The molecule has 1 aromatic heterocycles. The second kappa shape index (κ2) is 3.71. The number of pyridine rings is 1. The van der Waals surface area contributed by atoms with Gasteiger partial charge in [-0.2, -0.15) is 0 Å². The summed E-state index contributed by atoms with van der Waals surface area (Å²) in [6.45, 7) is 0.346. The van der Waals surface area contributed by atoms with Crippen LogP contribution in [-0.2, 0) is 16.6 Å². The van der Waals surface area contributed by atoms with Gasteiger partial charge < -0.3 is 5.73 Å². The maximum Gasteiger partial charge on any atom is 0.229 e. The molecule has 3 N–H and O–H groups in total. The Morgan fingerprint density at radius 3 is 2.62 bits per heavy atom. The van der Waals surface area contributed by atoms with Crippen molar-refractivity contribution in [2.45, 2.75) is 6.54 Å². The second-order valence-electron chi connectivity index (χ2n) is 2.62. The molecule has 0 aromatic carbocycles. The van der Waals surface area contributed by atoms with Crippen molar-refractivity contribution in [3.8, 4) is 0 Å². The van der Waals surface area contributed by atoms with Crippen molar-refractivity contribution < 1.29 is 8.42 Å². The molecule has 0 amide bonds. The highest BCUT2D eigenvalue weighted by molar-refractivity contribution is 7.92. The van der Waals surface area contributed by atoms with E-state index in [0.717, 1.165) is 11.9 Å². The first-order valence-electron chi connectivity index (χ1n) is 3.64. The first-order chi connectivity index (χ1) is 6.01. The maximum absolute atomic E-state index is 10.8. The van der Waals surface area contributed by atoms with Gasteiger partial charge in [0.1, 0.15) is 0 Å². The van der Waals surface area contributed by atoms with E-state index < -0.39 is 10.0 Å². The fourth-order valence-corrected chi connectivity index (χ4v) is 1.37. The van der Waals surface area contributed by atoms with Gasteiger partial charge in [-0.1, -0.05) is 0 Å². The summed E-state index contributed by atoms with van der Waals surface area (Å²) in [6.07, 6.45) is 2.52. The van der Waals surface area contributed by atoms with Crippen LogP contribution in [0, 0.1) is 0 Å². The van der Waals surface area contributed by atoms with Crippen molar-refractivity contribution in [2.75, 3.05) is 11.0 Å². The molecule has 1 heterocycles. The fraction of sp³-hybridized carbons (Fsp3) is 0.286. The van der Waals surface area contributed by atoms with Crippen LogP contribution in [0.4, 0.5) is 5.69 Å². The van der Waals surface area contributed by atoms with Crippen LogP contribution in [0.25, 0.3) is 0 Å². The van der Waals surface area contributed by atoms with Gasteiger partial charge >= 0.3 is 0 Å². The molecule has 1 rings (SSSR count). The van der Waals surface area contributed by atoms with Crippen LogP contribution in [0.2, 0.25) is 0 Å². The smallest absolute Gasteiger partial charge is 0.229 e. The molecule has 13 heavy (non-hydrogen) atoms. The third-order valence-corrected chi connectivity index (χ3v) is 1.94. The molecule has 0 aliphatic heterocycles. The van der Waals surface area contributed by atoms with Crippen LogP contribution in [0.5, 0.6) is 0 Å². The molecular weight excluding hydrogens is 190 g/mol. The fourth-order valence-electron chi connectivity index (χ4n) is 0.820. The monoisotopic (exact) mass is 201 g/mol. The normalized spacial score (nSPS) is 11.2. The van der Waals surface area contributed by atoms with Crippen molar-refractivity contribution in [2.24, 2.45) is 5.73 Å². The Morgan fingerprint density at radius 2 is 2.23 bits per heavy atom. The molecule has 0 atom stereocenters. The minimum atomic E-state index is -3.22. The van der Waals surface area contributed by atoms with E-state index in [9.17, 15) is 8.42 Å². The summed E-state index contributed by atoms with van der Waals surface area (Å²) in [5.74, 6) is 0. The number of aromatic nitrogens is 1. The summed E-state index contributed by atoms with van der Waals surface area (Å²) in [7, 11) is -3.22. The highest BCUT2D eigenvalue weighted by Crippen LogP contribution is 2.06. The van der Waals surface area contributed by atoms with Crippen LogP contribution in [0.1, 0.15) is 5.69 Å². The van der Waals surface area contributed by atoms with Crippen molar-refractivity contribution in [3.63, 3.8) is 0 Å². The number of nitrogens with two attached hydrogens (primary N) is 1. The van der Waals surface area contributed by atoms with E-state index in [1.165, 1.54) is 6.20 Å². The third kappa shape index (κ3) is 3.39. The van der Waals surface area contributed by atoms with E-state index in [1.54, 1.807) is 12.1 Å². The van der Waals surface area contributed by atoms with Crippen molar-refractivity contribution in [1.29, 1.82) is 0 Å². The van der Waals surface area contributed by atoms with Gasteiger partial charge in [-0.05, 0) is 12.1 Å². The lowest BCUT2D eigenvalue weighted by Gasteiger charge is -2.03. The van der Waals surface area contributed by atoms with Gasteiger partial charge in [-0.15, -0.1) is 0 Å². The van der Waals surface area contributed by atoms with Crippen LogP contribution in [-0.4, -0.2) is 19.7 Å². The van der Waals surface area contributed by atoms with Crippen LogP contribution < -0.4 is 10.5 Å². The van der Waals surface area contributed by atoms with Crippen LogP contribution >= 0.6 is 0 Å². The van der Waals surface area contributed by atoms with E-state index in [4.69, 9.17) is 5.73 Å². The predicted molar refractivity (Wildman–Crippen MR) is 50.6 cm³/mol. The van der Waals surface area contributed by atoms with E-state index >= 15 is 0 Å². The number of anilines is 1. The molecule has 0 fully saturated rings. The number of nitrogens with zero attached hydrogens (tertiary/aromatic N) is 1. The van der Waals surface area contributed by atoms with Gasteiger partial charge in [0.15, 0.2) is 0 Å². The Kier molecular flexibility index (Phi) is 2.84. The van der Waals surface area contributed by atoms with E-state index in [0.29, 0.717) is 12.2 Å². The first kappa shape index (κ1) is 9.94. The van der Waals surface area contributed by atoms with Crippen molar-refractivity contribution in [3.05, 3.63) is 24.0 Å². The summed E-state index contributed by atoms with van der Waals surface area (Å²) >= 11 is 0.